The lowest BCUT2D eigenvalue weighted by Gasteiger charge is -2.20. The molecule has 0 saturated carbocycles. The number of carbonyl (C=O) groups is 2. The highest BCUT2D eigenvalue weighted by atomic mass is 16.2. The van der Waals surface area contributed by atoms with Crippen molar-refractivity contribution >= 4 is 17.5 Å². The Morgan fingerprint density at radius 2 is 1.62 bits per heavy atom. The third-order valence-electron chi connectivity index (χ3n) is 4.51. The number of carbonyl (C=O) groups excluding carboxylic acids is 2. The number of nitriles is 1. The zero-order valence-electron chi connectivity index (χ0n) is 14.6. The molecule has 1 saturated heterocycles. The Morgan fingerprint density at radius 3 is 2.35 bits per heavy atom. The van der Waals surface area contributed by atoms with E-state index >= 15 is 0 Å². The summed E-state index contributed by atoms with van der Waals surface area (Å²) >= 11 is 0. The number of hydrogen-bond donors (Lipinski definition) is 1. The van der Waals surface area contributed by atoms with Gasteiger partial charge in [-0.25, -0.2) is 0 Å². The summed E-state index contributed by atoms with van der Waals surface area (Å²) < 4.78 is 0. The van der Waals surface area contributed by atoms with Gasteiger partial charge in [-0.05, 0) is 49.2 Å². The molecule has 0 spiro atoms. The molecule has 0 unspecified atom stereocenters. The van der Waals surface area contributed by atoms with Crippen LogP contribution in [0.15, 0.2) is 48.5 Å². The molecule has 0 atom stereocenters. The number of anilines is 1. The zero-order valence-corrected chi connectivity index (χ0v) is 14.6. The topological polar surface area (TPSA) is 73.2 Å². The fraction of sp³-hybridized carbons (Fsp3) is 0.286. The summed E-state index contributed by atoms with van der Waals surface area (Å²) in [6.45, 7) is 1.55. The van der Waals surface area contributed by atoms with E-state index in [9.17, 15) is 9.59 Å². The van der Waals surface area contributed by atoms with Crippen molar-refractivity contribution in [2.75, 3.05) is 18.4 Å². The van der Waals surface area contributed by atoms with Crippen LogP contribution in [0.1, 0.15) is 52.0 Å². The van der Waals surface area contributed by atoms with E-state index in [1.165, 1.54) is 0 Å². The van der Waals surface area contributed by atoms with Gasteiger partial charge in [-0.2, -0.15) is 5.26 Å². The van der Waals surface area contributed by atoms with Crippen LogP contribution in [0.2, 0.25) is 0 Å². The number of hydrogen-bond acceptors (Lipinski definition) is 3. The minimum Gasteiger partial charge on any atom is -0.339 e. The predicted molar refractivity (Wildman–Crippen MR) is 99.9 cm³/mol. The molecular weight excluding hydrogens is 326 g/mol. The number of rotatable bonds is 3. The Balaban J connectivity index is 1.74. The summed E-state index contributed by atoms with van der Waals surface area (Å²) in [5.41, 5.74) is 1.99. The van der Waals surface area contributed by atoms with Gasteiger partial charge in [-0.1, -0.05) is 25.0 Å². The number of benzene rings is 2. The third-order valence-corrected chi connectivity index (χ3v) is 4.51. The van der Waals surface area contributed by atoms with E-state index in [1.807, 2.05) is 11.0 Å². The standard InChI is InChI=1S/C21H21N3O2/c22-15-16-7-5-10-19(13-16)23-20(25)17-8-6-9-18(14-17)21(26)24-11-3-1-2-4-12-24/h5-10,13-14H,1-4,11-12H2,(H,23,25). The molecule has 2 amide bonds. The molecule has 2 aromatic carbocycles. The van der Waals surface area contributed by atoms with E-state index in [1.54, 1.807) is 48.5 Å². The monoisotopic (exact) mass is 347 g/mol. The van der Waals surface area contributed by atoms with Gasteiger partial charge in [0.15, 0.2) is 0 Å². The molecule has 1 heterocycles. The van der Waals surface area contributed by atoms with Crippen LogP contribution in [0, 0.1) is 11.3 Å². The van der Waals surface area contributed by atoms with Gasteiger partial charge in [0.1, 0.15) is 0 Å². The Kier molecular flexibility index (Phi) is 5.65. The number of amides is 2. The highest BCUT2D eigenvalue weighted by Gasteiger charge is 2.18. The molecule has 1 aliphatic rings. The molecule has 0 aromatic heterocycles. The molecule has 132 valence electrons. The van der Waals surface area contributed by atoms with Gasteiger partial charge >= 0.3 is 0 Å². The van der Waals surface area contributed by atoms with Crippen molar-refractivity contribution in [1.82, 2.24) is 4.90 Å². The maximum Gasteiger partial charge on any atom is 0.255 e. The largest absolute Gasteiger partial charge is 0.339 e. The Morgan fingerprint density at radius 1 is 0.923 bits per heavy atom. The van der Waals surface area contributed by atoms with E-state index in [2.05, 4.69) is 5.32 Å². The Hall–Kier alpha value is -3.13. The lowest BCUT2D eigenvalue weighted by molar-refractivity contribution is 0.0761. The minimum absolute atomic E-state index is 0.0203. The summed E-state index contributed by atoms with van der Waals surface area (Å²) in [4.78, 5) is 27.1. The van der Waals surface area contributed by atoms with Crippen LogP contribution < -0.4 is 5.32 Å². The lowest BCUT2D eigenvalue weighted by atomic mass is 10.1. The van der Waals surface area contributed by atoms with Crippen molar-refractivity contribution in [1.29, 1.82) is 5.26 Å². The predicted octanol–water partition coefficient (Wildman–Crippen LogP) is 3.83. The lowest BCUT2D eigenvalue weighted by Crippen LogP contribution is -2.32. The van der Waals surface area contributed by atoms with Crippen LogP contribution in [0.25, 0.3) is 0 Å². The maximum absolute atomic E-state index is 12.7. The molecule has 0 radical (unpaired) electrons. The van der Waals surface area contributed by atoms with E-state index < -0.39 is 0 Å². The quantitative estimate of drug-likeness (QED) is 0.917. The maximum atomic E-state index is 12.7. The molecule has 1 N–H and O–H groups in total. The van der Waals surface area contributed by atoms with Crippen molar-refractivity contribution in [3.05, 3.63) is 65.2 Å². The smallest absolute Gasteiger partial charge is 0.255 e. The molecule has 26 heavy (non-hydrogen) atoms. The van der Waals surface area contributed by atoms with Crippen LogP contribution in [0.4, 0.5) is 5.69 Å². The summed E-state index contributed by atoms with van der Waals surface area (Å²) in [6.07, 6.45) is 4.38. The molecule has 5 heteroatoms. The van der Waals surface area contributed by atoms with Gasteiger partial charge in [0, 0.05) is 29.9 Å². The van der Waals surface area contributed by atoms with Gasteiger partial charge in [0.25, 0.3) is 11.8 Å². The molecule has 1 aliphatic heterocycles. The van der Waals surface area contributed by atoms with Crippen molar-refractivity contribution in [2.24, 2.45) is 0 Å². The third kappa shape index (κ3) is 4.28. The highest BCUT2D eigenvalue weighted by Crippen LogP contribution is 2.16. The van der Waals surface area contributed by atoms with Gasteiger partial charge in [-0.15, -0.1) is 0 Å². The summed E-state index contributed by atoms with van der Waals surface area (Å²) in [5, 5.41) is 11.7. The first-order valence-corrected chi connectivity index (χ1v) is 8.88. The molecule has 0 bridgehead atoms. The molecular formula is C21H21N3O2. The van der Waals surface area contributed by atoms with Gasteiger partial charge in [-0.3, -0.25) is 9.59 Å². The summed E-state index contributed by atoms with van der Waals surface area (Å²) in [6, 6.07) is 15.6. The second-order valence-electron chi connectivity index (χ2n) is 6.43. The Labute approximate surface area is 153 Å². The van der Waals surface area contributed by atoms with Crippen molar-refractivity contribution in [2.45, 2.75) is 25.7 Å². The second kappa shape index (κ2) is 8.30. The molecule has 3 rings (SSSR count). The average Bonchev–Trinajstić information content (AvgIpc) is 2.97. The van der Waals surface area contributed by atoms with Crippen molar-refractivity contribution in [3.63, 3.8) is 0 Å². The summed E-state index contributed by atoms with van der Waals surface area (Å²) in [5.74, 6) is -0.321. The molecule has 1 fully saturated rings. The number of likely N-dealkylation sites (tertiary alicyclic amines) is 1. The molecule has 2 aromatic rings. The van der Waals surface area contributed by atoms with Gasteiger partial charge < -0.3 is 10.2 Å². The fourth-order valence-electron chi connectivity index (χ4n) is 3.12. The summed E-state index contributed by atoms with van der Waals surface area (Å²) in [7, 11) is 0. The van der Waals surface area contributed by atoms with E-state index in [-0.39, 0.29) is 11.8 Å². The van der Waals surface area contributed by atoms with Crippen LogP contribution in [-0.2, 0) is 0 Å². The van der Waals surface area contributed by atoms with Crippen LogP contribution >= 0.6 is 0 Å². The zero-order chi connectivity index (χ0) is 18.4. The van der Waals surface area contributed by atoms with Crippen molar-refractivity contribution in [3.8, 4) is 6.07 Å². The first-order valence-electron chi connectivity index (χ1n) is 8.88. The van der Waals surface area contributed by atoms with Crippen LogP contribution in [0.3, 0.4) is 0 Å². The number of nitrogens with one attached hydrogen (secondary N) is 1. The van der Waals surface area contributed by atoms with Crippen LogP contribution in [-0.4, -0.2) is 29.8 Å². The number of nitrogens with zero attached hydrogens (tertiary/aromatic N) is 2. The fourth-order valence-corrected chi connectivity index (χ4v) is 3.12. The van der Waals surface area contributed by atoms with Crippen LogP contribution in [0.5, 0.6) is 0 Å². The highest BCUT2D eigenvalue weighted by molar-refractivity contribution is 6.06. The molecule has 0 aliphatic carbocycles. The Bertz CT molecular complexity index is 846. The second-order valence-corrected chi connectivity index (χ2v) is 6.43. The van der Waals surface area contributed by atoms with E-state index in [0.717, 1.165) is 38.8 Å². The first-order chi connectivity index (χ1) is 12.7. The average molecular weight is 347 g/mol. The van der Waals surface area contributed by atoms with E-state index in [0.29, 0.717) is 22.4 Å². The van der Waals surface area contributed by atoms with Crippen molar-refractivity contribution < 1.29 is 9.59 Å². The minimum atomic E-state index is -0.300. The molecule has 5 nitrogen and oxygen atoms in total. The van der Waals surface area contributed by atoms with E-state index in [4.69, 9.17) is 5.26 Å². The first kappa shape index (κ1) is 17.7. The van der Waals surface area contributed by atoms with Gasteiger partial charge in [0.05, 0.1) is 11.6 Å². The normalized spacial score (nSPS) is 14.2. The van der Waals surface area contributed by atoms with Gasteiger partial charge in [0.2, 0.25) is 0 Å². The SMILES string of the molecule is N#Cc1cccc(NC(=O)c2cccc(C(=O)N3CCCCCC3)c2)c1.